The minimum Gasteiger partial charge on any atom is -0.289 e. The summed E-state index contributed by atoms with van der Waals surface area (Å²) >= 11 is 0. The van der Waals surface area contributed by atoms with Crippen LogP contribution in [0.2, 0.25) is 0 Å². The van der Waals surface area contributed by atoms with Crippen molar-refractivity contribution in [3.63, 3.8) is 0 Å². The number of aryl methyl sites for hydroxylation is 2. The van der Waals surface area contributed by atoms with Gasteiger partial charge >= 0.3 is 0 Å². The van der Waals surface area contributed by atoms with Crippen molar-refractivity contribution in [2.45, 2.75) is 6.92 Å². The third kappa shape index (κ3) is 3.11. The molecule has 0 fully saturated rings. The Bertz CT molecular complexity index is 874. The van der Waals surface area contributed by atoms with E-state index in [1.165, 1.54) is 18.2 Å². The number of nitrogens with one attached hydrogen (secondary N) is 1. The van der Waals surface area contributed by atoms with Crippen LogP contribution in [0.4, 0.5) is 4.39 Å². The maximum Gasteiger partial charge on any atom is 0.189 e. The molecule has 0 radical (unpaired) electrons. The Labute approximate surface area is 132 Å². The lowest BCUT2D eigenvalue weighted by molar-refractivity contribution is 0.104. The minimum atomic E-state index is -0.299. The second-order valence-electron chi connectivity index (χ2n) is 5.21. The number of aromatic amines is 1. The van der Waals surface area contributed by atoms with E-state index >= 15 is 0 Å². The lowest BCUT2D eigenvalue weighted by atomic mass is 10.1. The first-order valence-corrected chi connectivity index (χ1v) is 7.06. The van der Waals surface area contributed by atoms with Crippen molar-refractivity contribution in [3.8, 4) is 11.3 Å². The predicted octanol–water partition coefficient (Wildman–Crippen LogP) is 3.15. The molecule has 0 aliphatic rings. The number of H-pyrrole nitrogens is 1. The molecule has 0 saturated carbocycles. The van der Waals surface area contributed by atoms with E-state index in [2.05, 4.69) is 15.3 Å². The van der Waals surface area contributed by atoms with Gasteiger partial charge in [0.05, 0.1) is 23.1 Å². The second-order valence-corrected chi connectivity index (χ2v) is 5.21. The minimum absolute atomic E-state index is 0.123. The molecule has 0 saturated heterocycles. The first kappa shape index (κ1) is 14.9. The first-order valence-electron chi connectivity index (χ1n) is 7.06. The molecular formula is C17H15FN4O. The molecule has 3 aromatic rings. The Kier molecular flexibility index (Phi) is 3.89. The van der Waals surface area contributed by atoms with Crippen molar-refractivity contribution in [2.75, 3.05) is 0 Å². The number of benzene rings is 1. The van der Waals surface area contributed by atoms with Gasteiger partial charge in [0.1, 0.15) is 5.82 Å². The van der Waals surface area contributed by atoms with Gasteiger partial charge in [0.15, 0.2) is 5.78 Å². The van der Waals surface area contributed by atoms with E-state index in [0.29, 0.717) is 11.3 Å². The van der Waals surface area contributed by atoms with Crippen molar-refractivity contribution in [1.82, 2.24) is 20.0 Å². The molecule has 0 bridgehead atoms. The molecule has 0 unspecified atom stereocenters. The van der Waals surface area contributed by atoms with Crippen LogP contribution in [-0.4, -0.2) is 25.8 Å². The van der Waals surface area contributed by atoms with Gasteiger partial charge in [-0.25, -0.2) is 4.39 Å². The summed E-state index contributed by atoms with van der Waals surface area (Å²) in [6.07, 6.45) is 6.50. The third-order valence-electron chi connectivity index (χ3n) is 3.49. The number of allylic oxidation sites excluding steroid dienone is 1. The standard InChI is InChI=1S/C17H15FN4O/c1-11-15(10-22(2)21-11)16(23)8-5-13-9-19-20-17(13)12-3-6-14(18)7-4-12/h3-10H,1-2H3,(H,19,20). The van der Waals surface area contributed by atoms with Crippen molar-refractivity contribution in [2.24, 2.45) is 7.05 Å². The summed E-state index contributed by atoms with van der Waals surface area (Å²) in [6.45, 7) is 1.79. The molecule has 0 aliphatic heterocycles. The molecule has 23 heavy (non-hydrogen) atoms. The Morgan fingerprint density at radius 2 is 2.04 bits per heavy atom. The lowest BCUT2D eigenvalue weighted by Gasteiger charge is -1.99. The van der Waals surface area contributed by atoms with E-state index in [1.54, 1.807) is 49.3 Å². The number of carbonyl (C=O) groups excluding carboxylic acids is 1. The molecular weight excluding hydrogens is 295 g/mol. The quantitative estimate of drug-likeness (QED) is 0.595. The van der Waals surface area contributed by atoms with Gasteiger partial charge < -0.3 is 0 Å². The molecule has 0 aliphatic carbocycles. The monoisotopic (exact) mass is 310 g/mol. The average molecular weight is 310 g/mol. The van der Waals surface area contributed by atoms with Crippen LogP contribution in [-0.2, 0) is 7.05 Å². The maximum atomic E-state index is 13.0. The van der Waals surface area contributed by atoms with Crippen molar-refractivity contribution in [1.29, 1.82) is 0 Å². The van der Waals surface area contributed by atoms with Crippen LogP contribution in [0, 0.1) is 12.7 Å². The highest BCUT2D eigenvalue weighted by molar-refractivity contribution is 6.07. The molecule has 2 heterocycles. The van der Waals surface area contributed by atoms with Crippen LogP contribution in [0.3, 0.4) is 0 Å². The van der Waals surface area contributed by atoms with Crippen molar-refractivity contribution in [3.05, 3.63) is 65.4 Å². The molecule has 6 heteroatoms. The zero-order valence-electron chi connectivity index (χ0n) is 12.7. The Balaban J connectivity index is 1.86. The third-order valence-corrected chi connectivity index (χ3v) is 3.49. The van der Waals surface area contributed by atoms with Gasteiger partial charge in [0, 0.05) is 24.4 Å². The highest BCUT2D eigenvalue weighted by atomic mass is 19.1. The number of halogens is 1. The van der Waals surface area contributed by atoms with Crippen LogP contribution in [0.5, 0.6) is 0 Å². The van der Waals surface area contributed by atoms with Gasteiger partial charge in [-0.05, 0) is 43.3 Å². The van der Waals surface area contributed by atoms with E-state index < -0.39 is 0 Å². The Morgan fingerprint density at radius 3 is 2.70 bits per heavy atom. The Morgan fingerprint density at radius 1 is 1.30 bits per heavy atom. The van der Waals surface area contributed by atoms with Crippen molar-refractivity contribution < 1.29 is 9.18 Å². The predicted molar refractivity (Wildman–Crippen MR) is 85.3 cm³/mol. The highest BCUT2D eigenvalue weighted by Crippen LogP contribution is 2.22. The van der Waals surface area contributed by atoms with Gasteiger partial charge in [-0.1, -0.05) is 0 Å². The van der Waals surface area contributed by atoms with Crippen LogP contribution < -0.4 is 0 Å². The average Bonchev–Trinajstić information content (AvgIpc) is 3.12. The fraction of sp³-hybridized carbons (Fsp3) is 0.118. The summed E-state index contributed by atoms with van der Waals surface area (Å²) in [7, 11) is 1.77. The van der Waals surface area contributed by atoms with Gasteiger partial charge in [-0.3, -0.25) is 14.6 Å². The maximum absolute atomic E-state index is 13.0. The Hall–Kier alpha value is -3.02. The summed E-state index contributed by atoms with van der Waals surface area (Å²) in [6, 6.07) is 6.09. The molecule has 1 aromatic carbocycles. The molecule has 1 N–H and O–H groups in total. The number of hydrogen-bond donors (Lipinski definition) is 1. The topological polar surface area (TPSA) is 63.6 Å². The zero-order chi connectivity index (χ0) is 16.4. The van der Waals surface area contributed by atoms with E-state index in [-0.39, 0.29) is 11.6 Å². The van der Waals surface area contributed by atoms with Gasteiger partial charge in [0.2, 0.25) is 0 Å². The van der Waals surface area contributed by atoms with Crippen LogP contribution >= 0.6 is 0 Å². The zero-order valence-corrected chi connectivity index (χ0v) is 12.7. The van der Waals surface area contributed by atoms with E-state index in [0.717, 1.165) is 16.8 Å². The molecule has 116 valence electrons. The second kappa shape index (κ2) is 6.00. The van der Waals surface area contributed by atoms with E-state index in [1.807, 2.05) is 0 Å². The largest absolute Gasteiger partial charge is 0.289 e. The first-order chi connectivity index (χ1) is 11.0. The van der Waals surface area contributed by atoms with Crippen molar-refractivity contribution >= 4 is 11.9 Å². The molecule has 0 amide bonds. The molecule has 5 nitrogen and oxygen atoms in total. The summed E-state index contributed by atoms with van der Waals surface area (Å²) in [4.78, 5) is 12.2. The molecule has 0 spiro atoms. The number of ketones is 1. The SMILES string of the molecule is Cc1nn(C)cc1C(=O)C=Cc1cn[nH]c1-c1ccc(F)cc1. The van der Waals surface area contributed by atoms with Gasteiger partial charge in [-0.2, -0.15) is 10.2 Å². The summed E-state index contributed by atoms with van der Waals surface area (Å²) in [5.41, 5.74) is 3.54. The van der Waals surface area contributed by atoms with Gasteiger partial charge in [0.25, 0.3) is 0 Å². The highest BCUT2D eigenvalue weighted by Gasteiger charge is 2.10. The molecule has 3 rings (SSSR count). The van der Waals surface area contributed by atoms with Crippen LogP contribution in [0.25, 0.3) is 17.3 Å². The summed E-state index contributed by atoms with van der Waals surface area (Å²) < 4.78 is 14.6. The molecule has 0 atom stereocenters. The fourth-order valence-corrected chi connectivity index (χ4v) is 2.37. The number of hydrogen-bond acceptors (Lipinski definition) is 3. The number of nitrogens with zero attached hydrogens (tertiary/aromatic N) is 3. The van der Waals surface area contributed by atoms with E-state index in [4.69, 9.17) is 0 Å². The number of aromatic nitrogens is 4. The van der Waals surface area contributed by atoms with Crippen LogP contribution in [0.15, 0.2) is 42.7 Å². The van der Waals surface area contributed by atoms with Crippen LogP contribution in [0.1, 0.15) is 21.6 Å². The van der Waals surface area contributed by atoms with E-state index in [9.17, 15) is 9.18 Å². The normalized spacial score (nSPS) is 11.3. The lowest BCUT2D eigenvalue weighted by Crippen LogP contribution is -1.94. The number of carbonyl (C=O) groups is 1. The fourth-order valence-electron chi connectivity index (χ4n) is 2.37. The van der Waals surface area contributed by atoms with Gasteiger partial charge in [-0.15, -0.1) is 0 Å². The smallest absolute Gasteiger partial charge is 0.189 e. The summed E-state index contributed by atoms with van der Waals surface area (Å²) in [5.74, 6) is -0.422. The number of rotatable bonds is 4. The molecule has 2 aromatic heterocycles. The summed E-state index contributed by atoms with van der Waals surface area (Å²) in [5, 5.41) is 11.0.